The van der Waals surface area contributed by atoms with E-state index < -0.39 is 0 Å². The molecule has 0 atom stereocenters. The van der Waals surface area contributed by atoms with Crippen LogP contribution in [0, 0.1) is 0 Å². The van der Waals surface area contributed by atoms with Gasteiger partial charge in [-0.2, -0.15) is 0 Å². The average Bonchev–Trinajstić information content (AvgIpc) is 3.06. The third kappa shape index (κ3) is 2.01. The quantitative estimate of drug-likeness (QED) is 0.310. The van der Waals surface area contributed by atoms with Gasteiger partial charge < -0.3 is 9.73 Å². The maximum absolute atomic E-state index is 6.34. The molecule has 2 bridgehead atoms. The van der Waals surface area contributed by atoms with E-state index in [2.05, 4.69) is 78.1 Å². The van der Waals surface area contributed by atoms with Crippen molar-refractivity contribution >= 4 is 56.2 Å². The minimum atomic E-state index is -0.333. The Labute approximate surface area is 160 Å². The minimum Gasteiger partial charge on any atom is -0.455 e. The largest absolute Gasteiger partial charge is 0.455 e. The number of rotatable bonds is 0. The fraction of sp³-hybridized carbons (Fsp3) is 0. The number of furan rings is 1. The Bertz CT molecular complexity index is 1260. The van der Waals surface area contributed by atoms with Crippen LogP contribution in [-0.4, -0.2) is 3.51 Å². The van der Waals surface area contributed by atoms with Crippen LogP contribution in [0.4, 0.5) is 11.4 Å². The van der Waals surface area contributed by atoms with Crippen molar-refractivity contribution in [3.63, 3.8) is 0 Å². The smallest absolute Gasteiger partial charge is 0.149 e. The second kappa shape index (κ2) is 5.42. The maximum atomic E-state index is 6.34. The van der Waals surface area contributed by atoms with Gasteiger partial charge in [-0.25, -0.2) is 0 Å². The van der Waals surface area contributed by atoms with Crippen LogP contribution in [0.1, 0.15) is 22.5 Å². The van der Waals surface area contributed by atoms with Gasteiger partial charge >= 0.3 is 0 Å². The van der Waals surface area contributed by atoms with Gasteiger partial charge in [-0.05, 0) is 24.3 Å². The fourth-order valence-corrected chi connectivity index (χ4v) is 6.92. The highest BCUT2D eigenvalue weighted by molar-refractivity contribution is 14.2. The van der Waals surface area contributed by atoms with E-state index in [1.54, 1.807) is 0 Å². The first-order chi connectivity index (χ1) is 12.9. The number of benzene rings is 3. The van der Waals surface area contributed by atoms with Gasteiger partial charge in [0.15, 0.2) is 0 Å². The van der Waals surface area contributed by atoms with E-state index in [-0.39, 0.29) is 20.7 Å². The van der Waals surface area contributed by atoms with Gasteiger partial charge in [0.2, 0.25) is 0 Å². The van der Waals surface area contributed by atoms with Crippen LogP contribution in [0.25, 0.3) is 20.6 Å². The number of nitrogens with one attached hydrogen (secondary N) is 1. The summed E-state index contributed by atoms with van der Waals surface area (Å²) in [7, 11) is 0. The van der Waals surface area contributed by atoms with Crippen molar-refractivity contribution in [3.8, 4) is 0 Å². The van der Waals surface area contributed by atoms with Crippen molar-refractivity contribution in [2.45, 2.75) is 0 Å². The Morgan fingerprint density at radius 2 is 1.42 bits per heavy atom. The molecule has 124 valence electrons. The van der Waals surface area contributed by atoms with E-state index in [0.717, 1.165) is 17.0 Å². The van der Waals surface area contributed by atoms with E-state index in [4.69, 9.17) is 4.42 Å². The summed E-state index contributed by atoms with van der Waals surface area (Å²) in [6, 6.07) is 25.6. The third-order valence-electron chi connectivity index (χ3n) is 4.92. The van der Waals surface area contributed by atoms with Crippen molar-refractivity contribution in [2.75, 3.05) is 5.32 Å². The van der Waals surface area contributed by atoms with E-state index >= 15 is 0 Å². The molecule has 1 N–H and O–H groups in total. The molecule has 0 unspecified atom stereocenters. The molecule has 26 heavy (non-hydrogen) atoms. The van der Waals surface area contributed by atoms with E-state index in [9.17, 15) is 0 Å². The summed E-state index contributed by atoms with van der Waals surface area (Å²) in [6.07, 6.45) is 2.35. The lowest BCUT2D eigenvalue weighted by molar-refractivity contribution is 0.606. The van der Waals surface area contributed by atoms with Crippen molar-refractivity contribution in [2.24, 2.45) is 0 Å². The molecular weight excluding hydrogens is 433 g/mol. The highest BCUT2D eigenvalue weighted by atomic mass is 127. The standard InChI is InChI=1S/C23H14INO/c1-4-10-19-15(8-1)18-13-17-14-7-3-6-12-21(14)26-23(17)22(24-18)16-9-2-5-11-20(16)25-19/h1-13,25H. The molecular formula is C23H14INO. The summed E-state index contributed by atoms with van der Waals surface area (Å²) >= 11 is -0.333. The Balaban J connectivity index is 1.77. The summed E-state index contributed by atoms with van der Waals surface area (Å²) in [5.74, 6) is 1.05. The molecule has 2 aliphatic rings. The first-order valence-electron chi connectivity index (χ1n) is 8.60. The Hall–Kier alpha value is -2.66. The zero-order valence-electron chi connectivity index (χ0n) is 13.8. The molecule has 2 nitrogen and oxygen atoms in total. The van der Waals surface area contributed by atoms with Gasteiger partial charge in [0.25, 0.3) is 0 Å². The summed E-state index contributed by atoms with van der Waals surface area (Å²) in [4.78, 5) is 0. The predicted octanol–water partition coefficient (Wildman–Crippen LogP) is 6.54. The lowest BCUT2D eigenvalue weighted by Gasteiger charge is -2.22. The number of hydrogen-bond acceptors (Lipinski definition) is 2. The highest BCUT2D eigenvalue weighted by Crippen LogP contribution is 2.47. The van der Waals surface area contributed by atoms with Crippen LogP contribution in [0.5, 0.6) is 0 Å². The van der Waals surface area contributed by atoms with Crippen LogP contribution in [0.15, 0.2) is 77.2 Å². The molecule has 1 aromatic heterocycles. The first kappa shape index (κ1) is 14.5. The predicted molar refractivity (Wildman–Crippen MR) is 117 cm³/mol. The zero-order chi connectivity index (χ0) is 17.1. The normalized spacial score (nSPS) is 14.5. The van der Waals surface area contributed by atoms with Crippen molar-refractivity contribution in [3.05, 3.63) is 95.2 Å². The Morgan fingerprint density at radius 3 is 2.31 bits per heavy atom. The van der Waals surface area contributed by atoms with Gasteiger partial charge in [0, 0.05) is 37.0 Å². The summed E-state index contributed by atoms with van der Waals surface area (Å²) in [5.41, 5.74) is 7.10. The van der Waals surface area contributed by atoms with Gasteiger partial charge in [-0.15, -0.1) is 0 Å². The number of fused-ring (bicyclic) bond motifs is 9. The minimum absolute atomic E-state index is 0.333. The molecule has 3 heteroatoms. The fourth-order valence-electron chi connectivity index (χ4n) is 3.70. The molecule has 3 aromatic carbocycles. The molecule has 2 aliphatic heterocycles. The van der Waals surface area contributed by atoms with Crippen molar-refractivity contribution in [1.29, 1.82) is 0 Å². The molecule has 0 radical (unpaired) electrons. The third-order valence-corrected chi connectivity index (χ3v) is 8.00. The van der Waals surface area contributed by atoms with Crippen LogP contribution in [-0.2, 0) is 0 Å². The molecule has 0 aliphatic carbocycles. The number of hydrogen-bond donors (Lipinski definition) is 1. The van der Waals surface area contributed by atoms with Crippen LogP contribution >= 0.6 is 20.7 Å². The molecule has 6 rings (SSSR count). The topological polar surface area (TPSA) is 25.2 Å². The Kier molecular flexibility index (Phi) is 3.02. The summed E-state index contributed by atoms with van der Waals surface area (Å²) < 4.78 is 9.14. The van der Waals surface area contributed by atoms with Crippen LogP contribution in [0.3, 0.4) is 0 Å². The molecule has 0 amide bonds. The van der Waals surface area contributed by atoms with Gasteiger partial charge in [0.1, 0.15) is 11.3 Å². The van der Waals surface area contributed by atoms with Crippen molar-refractivity contribution < 1.29 is 4.42 Å². The number of anilines is 2. The molecule has 0 fully saturated rings. The highest BCUT2D eigenvalue weighted by Gasteiger charge is 2.27. The number of para-hydroxylation sites is 3. The zero-order valence-corrected chi connectivity index (χ0v) is 15.9. The SMILES string of the molecule is C1=C2I=C(c3ccccc3Nc3ccccc32)c2oc3ccccc3c21. The monoisotopic (exact) mass is 447 g/mol. The maximum Gasteiger partial charge on any atom is 0.149 e. The number of halogens is 1. The molecule has 0 saturated heterocycles. The molecule has 0 spiro atoms. The summed E-state index contributed by atoms with van der Waals surface area (Å²) in [5, 5.41) is 4.85. The molecule has 0 saturated carbocycles. The second-order valence-electron chi connectivity index (χ2n) is 6.46. The van der Waals surface area contributed by atoms with E-state index in [1.165, 1.54) is 34.9 Å². The van der Waals surface area contributed by atoms with Crippen LogP contribution < -0.4 is 5.32 Å². The molecule has 3 heterocycles. The average molecular weight is 447 g/mol. The lowest BCUT2D eigenvalue weighted by atomic mass is 10.0. The second-order valence-corrected chi connectivity index (χ2v) is 9.24. The lowest BCUT2D eigenvalue weighted by Crippen LogP contribution is -2.10. The van der Waals surface area contributed by atoms with E-state index in [0.29, 0.717) is 0 Å². The Morgan fingerprint density at radius 1 is 0.731 bits per heavy atom. The molecule has 4 aromatic rings. The van der Waals surface area contributed by atoms with Gasteiger partial charge in [-0.1, -0.05) is 75.3 Å². The van der Waals surface area contributed by atoms with E-state index in [1.807, 2.05) is 6.07 Å². The van der Waals surface area contributed by atoms with Gasteiger partial charge in [-0.3, -0.25) is 0 Å². The first-order valence-corrected chi connectivity index (χ1v) is 10.8. The van der Waals surface area contributed by atoms with Crippen molar-refractivity contribution in [1.82, 2.24) is 0 Å². The van der Waals surface area contributed by atoms with Gasteiger partial charge in [0.05, 0.1) is 3.51 Å². The van der Waals surface area contributed by atoms with Crippen LogP contribution in [0.2, 0.25) is 0 Å². The summed E-state index contributed by atoms with van der Waals surface area (Å²) in [6.45, 7) is 0.